The average molecular weight is 292 g/mol. The molecular weight excluding hydrogens is 281 g/mol. The molecule has 3 aromatic rings. The lowest BCUT2D eigenvalue weighted by Gasteiger charge is -2.13. The van der Waals surface area contributed by atoms with Crippen LogP contribution in [0.15, 0.2) is 53.3 Å². The molecule has 21 heavy (non-hydrogen) atoms. The highest BCUT2D eigenvalue weighted by molar-refractivity contribution is 5.87. The van der Waals surface area contributed by atoms with Gasteiger partial charge in [0.25, 0.3) is 0 Å². The van der Waals surface area contributed by atoms with Gasteiger partial charge < -0.3 is 9.73 Å². The van der Waals surface area contributed by atoms with Gasteiger partial charge in [-0.1, -0.05) is 18.2 Å². The van der Waals surface area contributed by atoms with E-state index in [9.17, 15) is 13.2 Å². The SMILES string of the molecule is FC(F)(F)c1ccccc1CNc1nccc2occc12. The summed E-state index contributed by atoms with van der Waals surface area (Å²) < 4.78 is 44.0. The van der Waals surface area contributed by atoms with E-state index in [0.29, 0.717) is 11.4 Å². The Morgan fingerprint density at radius 3 is 2.71 bits per heavy atom. The van der Waals surface area contributed by atoms with Gasteiger partial charge in [-0.15, -0.1) is 0 Å². The van der Waals surface area contributed by atoms with Crippen molar-refractivity contribution in [3.63, 3.8) is 0 Å². The Hall–Kier alpha value is -2.50. The van der Waals surface area contributed by atoms with Crippen molar-refractivity contribution in [3.8, 4) is 0 Å². The van der Waals surface area contributed by atoms with Crippen molar-refractivity contribution in [1.82, 2.24) is 4.98 Å². The van der Waals surface area contributed by atoms with Gasteiger partial charge in [0.1, 0.15) is 11.4 Å². The van der Waals surface area contributed by atoms with Crippen LogP contribution in [0.5, 0.6) is 0 Å². The molecule has 2 aromatic heterocycles. The number of pyridine rings is 1. The highest BCUT2D eigenvalue weighted by Gasteiger charge is 2.32. The normalized spacial score (nSPS) is 11.8. The van der Waals surface area contributed by atoms with Gasteiger partial charge in [0.05, 0.1) is 17.2 Å². The van der Waals surface area contributed by atoms with Crippen LogP contribution in [-0.2, 0) is 12.7 Å². The number of rotatable bonds is 3. The second kappa shape index (κ2) is 5.12. The Balaban J connectivity index is 1.87. The first-order valence-corrected chi connectivity index (χ1v) is 6.27. The Labute approximate surface area is 118 Å². The maximum atomic E-state index is 12.9. The third-order valence-corrected chi connectivity index (χ3v) is 3.15. The first kappa shape index (κ1) is 13.5. The average Bonchev–Trinajstić information content (AvgIpc) is 2.93. The largest absolute Gasteiger partial charge is 0.464 e. The van der Waals surface area contributed by atoms with E-state index in [0.717, 1.165) is 11.5 Å². The molecule has 2 heterocycles. The number of nitrogens with one attached hydrogen (secondary N) is 1. The minimum absolute atomic E-state index is 0.0347. The molecule has 0 radical (unpaired) electrons. The smallest absolute Gasteiger partial charge is 0.416 e. The molecule has 0 saturated heterocycles. The summed E-state index contributed by atoms with van der Waals surface area (Å²) in [6.45, 7) is 0.0347. The molecule has 1 aromatic carbocycles. The van der Waals surface area contributed by atoms with Crippen LogP contribution in [0.4, 0.5) is 19.0 Å². The summed E-state index contributed by atoms with van der Waals surface area (Å²) in [6, 6.07) is 8.90. The molecule has 0 aliphatic carbocycles. The van der Waals surface area contributed by atoms with Crippen LogP contribution < -0.4 is 5.32 Å². The molecule has 3 rings (SSSR count). The molecule has 6 heteroatoms. The first-order valence-electron chi connectivity index (χ1n) is 6.27. The molecule has 0 saturated carbocycles. The molecule has 0 aliphatic rings. The number of hydrogen-bond donors (Lipinski definition) is 1. The zero-order valence-corrected chi connectivity index (χ0v) is 10.8. The molecule has 108 valence electrons. The molecule has 0 atom stereocenters. The molecule has 0 fully saturated rings. The number of aromatic nitrogens is 1. The number of anilines is 1. The van der Waals surface area contributed by atoms with Gasteiger partial charge >= 0.3 is 6.18 Å². The van der Waals surface area contributed by atoms with Crippen molar-refractivity contribution in [2.75, 3.05) is 5.32 Å². The predicted molar refractivity (Wildman–Crippen MR) is 72.8 cm³/mol. The van der Waals surface area contributed by atoms with Gasteiger partial charge in [-0.3, -0.25) is 0 Å². The molecule has 3 nitrogen and oxygen atoms in total. The molecule has 0 amide bonds. The summed E-state index contributed by atoms with van der Waals surface area (Å²) >= 11 is 0. The summed E-state index contributed by atoms with van der Waals surface area (Å²) in [5, 5.41) is 3.67. The number of halogens is 3. The minimum Gasteiger partial charge on any atom is -0.464 e. The summed E-state index contributed by atoms with van der Waals surface area (Å²) in [7, 11) is 0. The van der Waals surface area contributed by atoms with E-state index in [4.69, 9.17) is 4.42 Å². The van der Waals surface area contributed by atoms with Gasteiger partial charge in [0.2, 0.25) is 0 Å². The lowest BCUT2D eigenvalue weighted by Crippen LogP contribution is -2.12. The second-order valence-corrected chi connectivity index (χ2v) is 4.50. The molecular formula is C15H11F3N2O. The quantitative estimate of drug-likeness (QED) is 0.774. The molecule has 0 bridgehead atoms. The Bertz CT molecular complexity index is 765. The van der Waals surface area contributed by atoms with Gasteiger partial charge in [-0.05, 0) is 23.8 Å². The third kappa shape index (κ3) is 2.69. The van der Waals surface area contributed by atoms with Gasteiger partial charge in [0.15, 0.2) is 0 Å². The van der Waals surface area contributed by atoms with Crippen molar-refractivity contribution in [1.29, 1.82) is 0 Å². The number of nitrogens with zero attached hydrogens (tertiary/aromatic N) is 1. The minimum atomic E-state index is -4.37. The summed E-state index contributed by atoms with van der Waals surface area (Å²) in [6.07, 6.45) is -1.31. The lowest BCUT2D eigenvalue weighted by atomic mass is 10.1. The highest BCUT2D eigenvalue weighted by Crippen LogP contribution is 2.32. The molecule has 0 unspecified atom stereocenters. The van der Waals surface area contributed by atoms with Crippen LogP contribution in [0.2, 0.25) is 0 Å². The summed E-state index contributed by atoms with van der Waals surface area (Å²) in [5.74, 6) is 0.498. The van der Waals surface area contributed by atoms with Crippen LogP contribution in [0.3, 0.4) is 0 Å². The molecule has 0 aliphatic heterocycles. The van der Waals surface area contributed by atoms with Gasteiger partial charge in [-0.25, -0.2) is 4.98 Å². The zero-order valence-electron chi connectivity index (χ0n) is 10.8. The fraction of sp³-hybridized carbons (Fsp3) is 0.133. The summed E-state index contributed by atoms with van der Waals surface area (Å²) in [5.41, 5.74) is 0.167. The lowest BCUT2D eigenvalue weighted by molar-refractivity contribution is -0.138. The van der Waals surface area contributed by atoms with E-state index in [1.165, 1.54) is 18.4 Å². The van der Waals surface area contributed by atoms with Crippen molar-refractivity contribution in [2.45, 2.75) is 12.7 Å². The fourth-order valence-corrected chi connectivity index (χ4v) is 2.17. The van der Waals surface area contributed by atoms with Crippen LogP contribution in [0, 0.1) is 0 Å². The Morgan fingerprint density at radius 1 is 1.10 bits per heavy atom. The van der Waals surface area contributed by atoms with Crippen molar-refractivity contribution < 1.29 is 17.6 Å². The van der Waals surface area contributed by atoms with Crippen LogP contribution in [0.25, 0.3) is 11.0 Å². The third-order valence-electron chi connectivity index (χ3n) is 3.15. The maximum absolute atomic E-state index is 12.9. The van der Waals surface area contributed by atoms with E-state index in [1.54, 1.807) is 24.4 Å². The standard InChI is InChI=1S/C15H11F3N2O/c16-15(17,18)12-4-2-1-3-10(12)9-20-14-11-6-8-21-13(11)5-7-19-14/h1-8H,9H2,(H,19,20). The zero-order chi connectivity index (χ0) is 14.9. The predicted octanol–water partition coefficient (Wildman–Crippen LogP) is 4.46. The molecule has 1 N–H and O–H groups in total. The number of fused-ring (bicyclic) bond motifs is 1. The monoisotopic (exact) mass is 292 g/mol. The number of benzene rings is 1. The topological polar surface area (TPSA) is 38.1 Å². The van der Waals surface area contributed by atoms with Gasteiger partial charge in [0, 0.05) is 12.7 Å². The fourth-order valence-electron chi connectivity index (χ4n) is 2.17. The number of alkyl halides is 3. The second-order valence-electron chi connectivity index (χ2n) is 4.50. The van der Waals surface area contributed by atoms with E-state index < -0.39 is 11.7 Å². The van der Waals surface area contributed by atoms with Crippen molar-refractivity contribution >= 4 is 16.8 Å². The van der Waals surface area contributed by atoms with E-state index >= 15 is 0 Å². The van der Waals surface area contributed by atoms with Gasteiger partial charge in [-0.2, -0.15) is 13.2 Å². The number of furan rings is 1. The Kier molecular flexibility index (Phi) is 3.29. The van der Waals surface area contributed by atoms with E-state index in [-0.39, 0.29) is 12.1 Å². The summed E-state index contributed by atoms with van der Waals surface area (Å²) in [4.78, 5) is 4.13. The number of hydrogen-bond acceptors (Lipinski definition) is 3. The van der Waals surface area contributed by atoms with Crippen molar-refractivity contribution in [3.05, 3.63) is 60.0 Å². The van der Waals surface area contributed by atoms with Crippen LogP contribution in [0.1, 0.15) is 11.1 Å². The first-order chi connectivity index (χ1) is 10.1. The highest BCUT2D eigenvalue weighted by atomic mass is 19.4. The van der Waals surface area contributed by atoms with Crippen molar-refractivity contribution in [2.24, 2.45) is 0 Å². The van der Waals surface area contributed by atoms with E-state index in [1.807, 2.05) is 0 Å². The van der Waals surface area contributed by atoms with E-state index in [2.05, 4.69) is 10.3 Å². The van der Waals surface area contributed by atoms with Crippen LogP contribution in [-0.4, -0.2) is 4.98 Å². The Morgan fingerprint density at radius 2 is 1.90 bits per heavy atom. The maximum Gasteiger partial charge on any atom is 0.416 e. The molecule has 0 spiro atoms. The van der Waals surface area contributed by atoms with Crippen LogP contribution >= 0.6 is 0 Å².